The van der Waals surface area contributed by atoms with Gasteiger partial charge in [-0.3, -0.25) is 9.59 Å². The van der Waals surface area contributed by atoms with Crippen molar-refractivity contribution < 1.29 is 14.0 Å². The van der Waals surface area contributed by atoms with E-state index in [1.54, 1.807) is 25.2 Å². The lowest BCUT2D eigenvalue weighted by Crippen LogP contribution is -2.42. The van der Waals surface area contributed by atoms with Crippen LogP contribution in [-0.4, -0.2) is 45.7 Å². The second-order valence-corrected chi connectivity index (χ2v) is 8.19. The number of nitrogens with zero attached hydrogens (tertiary/aromatic N) is 3. The number of aromatic nitrogens is 1. The summed E-state index contributed by atoms with van der Waals surface area (Å²) in [5, 5.41) is 4.15. The molecular weight excluding hydrogens is 350 g/mol. The van der Waals surface area contributed by atoms with Crippen molar-refractivity contribution in [2.45, 2.75) is 45.7 Å². The SMILES string of the molecule is CC(=O)N(Cc1ccsc1)C1CC12CCN(C(=O)c1ncoc1C)CC2. The number of thiophene rings is 1. The van der Waals surface area contributed by atoms with E-state index in [4.69, 9.17) is 4.42 Å². The molecule has 1 saturated carbocycles. The van der Waals surface area contributed by atoms with Crippen molar-refractivity contribution in [1.82, 2.24) is 14.8 Å². The van der Waals surface area contributed by atoms with E-state index in [0.717, 1.165) is 19.3 Å². The molecule has 138 valence electrons. The Labute approximate surface area is 156 Å². The fourth-order valence-corrected chi connectivity index (χ4v) is 4.80. The molecule has 7 heteroatoms. The van der Waals surface area contributed by atoms with Crippen molar-refractivity contribution in [3.05, 3.63) is 40.2 Å². The van der Waals surface area contributed by atoms with Crippen LogP contribution in [0.1, 0.15) is 48.0 Å². The molecule has 2 fully saturated rings. The summed E-state index contributed by atoms with van der Waals surface area (Å²) in [6.07, 6.45) is 4.24. The van der Waals surface area contributed by atoms with Crippen molar-refractivity contribution in [2.75, 3.05) is 13.1 Å². The zero-order valence-electron chi connectivity index (χ0n) is 15.1. The maximum atomic E-state index is 12.6. The maximum absolute atomic E-state index is 12.6. The van der Waals surface area contributed by atoms with Gasteiger partial charge in [-0.1, -0.05) is 0 Å². The van der Waals surface area contributed by atoms with Gasteiger partial charge in [-0.25, -0.2) is 4.98 Å². The van der Waals surface area contributed by atoms with E-state index < -0.39 is 0 Å². The summed E-state index contributed by atoms with van der Waals surface area (Å²) in [6, 6.07) is 2.38. The predicted molar refractivity (Wildman–Crippen MR) is 97.8 cm³/mol. The Hall–Kier alpha value is -2.15. The number of carbonyl (C=O) groups excluding carboxylic acids is 2. The Balaban J connectivity index is 1.39. The van der Waals surface area contributed by atoms with Crippen molar-refractivity contribution in [2.24, 2.45) is 5.41 Å². The fourth-order valence-electron chi connectivity index (χ4n) is 4.14. The lowest BCUT2D eigenvalue weighted by molar-refractivity contribution is -0.130. The van der Waals surface area contributed by atoms with E-state index in [0.29, 0.717) is 37.1 Å². The minimum absolute atomic E-state index is 0.0509. The summed E-state index contributed by atoms with van der Waals surface area (Å²) in [7, 11) is 0. The summed E-state index contributed by atoms with van der Waals surface area (Å²) in [4.78, 5) is 32.7. The van der Waals surface area contributed by atoms with E-state index in [2.05, 4.69) is 16.4 Å². The van der Waals surface area contributed by atoms with Crippen LogP contribution in [-0.2, 0) is 11.3 Å². The van der Waals surface area contributed by atoms with Gasteiger partial charge in [0, 0.05) is 32.6 Å². The zero-order chi connectivity index (χ0) is 18.3. The first kappa shape index (κ1) is 17.3. The minimum Gasteiger partial charge on any atom is -0.448 e. The molecule has 3 heterocycles. The van der Waals surface area contributed by atoms with Crippen LogP contribution < -0.4 is 0 Å². The number of carbonyl (C=O) groups is 2. The van der Waals surface area contributed by atoms with Crippen molar-refractivity contribution in [3.63, 3.8) is 0 Å². The van der Waals surface area contributed by atoms with Gasteiger partial charge in [0.05, 0.1) is 0 Å². The molecule has 0 aromatic carbocycles. The van der Waals surface area contributed by atoms with Crippen LogP contribution in [0.4, 0.5) is 0 Å². The average Bonchev–Trinajstić information content (AvgIpc) is 2.98. The molecule has 1 saturated heterocycles. The quantitative estimate of drug-likeness (QED) is 0.826. The highest BCUT2D eigenvalue weighted by Crippen LogP contribution is 2.57. The molecular formula is C19H23N3O3S. The summed E-state index contributed by atoms with van der Waals surface area (Å²) in [5.74, 6) is 0.651. The lowest BCUT2D eigenvalue weighted by atomic mass is 9.92. The highest BCUT2D eigenvalue weighted by atomic mass is 32.1. The van der Waals surface area contributed by atoms with E-state index in [1.165, 1.54) is 12.0 Å². The lowest BCUT2D eigenvalue weighted by Gasteiger charge is -2.34. The van der Waals surface area contributed by atoms with Gasteiger partial charge in [0.2, 0.25) is 5.91 Å². The standard InChI is InChI=1S/C19H23N3O3S/c1-13-17(20-12-25-13)18(24)21-6-4-19(5-7-21)9-16(19)22(14(2)23)10-15-3-8-26-11-15/h3,8,11-12,16H,4-7,9-10H2,1-2H3. The third-order valence-corrected chi connectivity index (χ3v) is 6.59. The third-order valence-electron chi connectivity index (χ3n) is 5.85. The Morgan fingerprint density at radius 3 is 2.77 bits per heavy atom. The first-order chi connectivity index (χ1) is 12.5. The van der Waals surface area contributed by atoms with Crippen molar-refractivity contribution >= 4 is 23.2 Å². The molecule has 1 aliphatic carbocycles. The van der Waals surface area contributed by atoms with Gasteiger partial charge >= 0.3 is 0 Å². The molecule has 2 aromatic rings. The molecule has 2 aliphatic rings. The predicted octanol–water partition coefficient (Wildman–Crippen LogP) is 3.09. The Morgan fingerprint density at radius 2 is 2.19 bits per heavy atom. The topological polar surface area (TPSA) is 66.7 Å². The van der Waals surface area contributed by atoms with Crippen molar-refractivity contribution in [1.29, 1.82) is 0 Å². The van der Waals surface area contributed by atoms with E-state index in [1.807, 2.05) is 15.2 Å². The zero-order valence-corrected chi connectivity index (χ0v) is 15.9. The molecule has 2 aromatic heterocycles. The maximum Gasteiger partial charge on any atom is 0.276 e. The van der Waals surface area contributed by atoms with Gasteiger partial charge in [-0.15, -0.1) is 0 Å². The van der Waals surface area contributed by atoms with Crippen LogP contribution in [0.2, 0.25) is 0 Å². The smallest absolute Gasteiger partial charge is 0.276 e. The molecule has 0 N–H and O–H groups in total. The number of hydrogen-bond donors (Lipinski definition) is 0. The van der Waals surface area contributed by atoms with Crippen LogP contribution in [0.25, 0.3) is 0 Å². The van der Waals surface area contributed by atoms with Crippen molar-refractivity contribution in [3.8, 4) is 0 Å². The number of piperidine rings is 1. The minimum atomic E-state index is -0.0509. The normalized spacial score (nSPS) is 21.0. The Morgan fingerprint density at radius 1 is 1.42 bits per heavy atom. The average molecular weight is 373 g/mol. The van der Waals surface area contributed by atoms with Gasteiger partial charge in [0.15, 0.2) is 12.1 Å². The summed E-state index contributed by atoms with van der Waals surface area (Å²) in [5.41, 5.74) is 1.79. The van der Waals surface area contributed by atoms with Crippen LogP contribution in [0.3, 0.4) is 0 Å². The highest BCUT2D eigenvalue weighted by Gasteiger charge is 2.58. The summed E-state index contributed by atoms with van der Waals surface area (Å²) in [6.45, 7) is 5.53. The Bertz CT molecular complexity index is 806. The molecule has 1 aliphatic heterocycles. The van der Waals surface area contributed by atoms with Crippen LogP contribution in [0, 0.1) is 12.3 Å². The van der Waals surface area contributed by atoms with E-state index in [-0.39, 0.29) is 17.2 Å². The van der Waals surface area contributed by atoms with Crippen LogP contribution in [0.15, 0.2) is 27.6 Å². The van der Waals surface area contributed by atoms with E-state index >= 15 is 0 Å². The first-order valence-electron chi connectivity index (χ1n) is 8.98. The van der Waals surface area contributed by atoms with Gasteiger partial charge in [-0.2, -0.15) is 11.3 Å². The molecule has 2 amide bonds. The summed E-state index contributed by atoms with van der Waals surface area (Å²) < 4.78 is 5.15. The highest BCUT2D eigenvalue weighted by molar-refractivity contribution is 7.07. The number of aryl methyl sites for hydroxylation is 1. The number of oxazole rings is 1. The van der Waals surface area contributed by atoms with Crippen LogP contribution >= 0.6 is 11.3 Å². The van der Waals surface area contributed by atoms with Crippen LogP contribution in [0.5, 0.6) is 0 Å². The number of rotatable bonds is 4. The van der Waals surface area contributed by atoms with Gasteiger partial charge in [-0.05, 0) is 54.0 Å². The Kier molecular flexibility index (Phi) is 4.34. The van der Waals surface area contributed by atoms with Gasteiger partial charge in [0.25, 0.3) is 5.91 Å². The molecule has 6 nitrogen and oxygen atoms in total. The molecule has 1 atom stereocenters. The van der Waals surface area contributed by atoms with Gasteiger partial charge < -0.3 is 14.2 Å². The first-order valence-corrected chi connectivity index (χ1v) is 9.92. The number of amides is 2. The second-order valence-electron chi connectivity index (χ2n) is 7.41. The monoisotopic (exact) mass is 373 g/mol. The second kappa shape index (κ2) is 6.54. The largest absolute Gasteiger partial charge is 0.448 e. The fraction of sp³-hybridized carbons (Fsp3) is 0.526. The third kappa shape index (κ3) is 3.05. The molecule has 26 heavy (non-hydrogen) atoms. The molecule has 0 bridgehead atoms. The molecule has 1 unspecified atom stereocenters. The molecule has 0 radical (unpaired) electrons. The number of hydrogen-bond acceptors (Lipinski definition) is 5. The van der Waals surface area contributed by atoms with Gasteiger partial charge in [0.1, 0.15) is 5.76 Å². The summed E-state index contributed by atoms with van der Waals surface area (Å²) >= 11 is 1.66. The molecule has 4 rings (SSSR count). The molecule has 1 spiro atoms. The number of likely N-dealkylation sites (tertiary alicyclic amines) is 1. The van der Waals surface area contributed by atoms with E-state index in [9.17, 15) is 9.59 Å².